The van der Waals surface area contributed by atoms with Gasteiger partial charge < -0.3 is 4.74 Å². The molecule has 0 radical (unpaired) electrons. The van der Waals surface area contributed by atoms with Crippen LogP contribution in [0, 0.1) is 0 Å². The first-order valence-corrected chi connectivity index (χ1v) is 5.53. The summed E-state index contributed by atoms with van der Waals surface area (Å²) < 4.78 is 3.48. The molecule has 1 fully saturated rings. The Hall–Kier alpha value is -0.0900. The van der Waals surface area contributed by atoms with Gasteiger partial charge in [0.1, 0.15) is 5.60 Å². The van der Waals surface area contributed by atoms with Gasteiger partial charge in [-0.05, 0) is 12.8 Å². The minimum absolute atomic E-state index is 0.106. The van der Waals surface area contributed by atoms with E-state index in [0.717, 1.165) is 6.08 Å². The van der Waals surface area contributed by atoms with Crippen molar-refractivity contribution in [3.8, 4) is 0 Å². The van der Waals surface area contributed by atoms with E-state index >= 15 is 0 Å². The van der Waals surface area contributed by atoms with Gasteiger partial charge in [-0.15, -0.1) is 0 Å². The van der Waals surface area contributed by atoms with Crippen LogP contribution in [0.2, 0.25) is 0 Å². The molecule has 1 atom stereocenters. The Morgan fingerprint density at radius 1 is 1.33 bits per heavy atom. The van der Waals surface area contributed by atoms with Crippen molar-refractivity contribution in [2.75, 3.05) is 6.61 Å². The van der Waals surface area contributed by atoms with Gasteiger partial charge in [-0.2, -0.15) is 0 Å². The van der Waals surface area contributed by atoms with Crippen LogP contribution in [-0.4, -0.2) is 28.1 Å². The molecule has 0 aromatic carbocycles. The summed E-state index contributed by atoms with van der Waals surface area (Å²) in [6, 6.07) is 0. The zero-order valence-corrected chi connectivity index (χ0v) is 9.83. The first-order chi connectivity index (χ1) is 6.92. The average molecular weight is 270 g/mol. The van der Waals surface area contributed by atoms with Crippen LogP contribution < -0.4 is 0 Å². The van der Waals surface area contributed by atoms with Gasteiger partial charge in [0.2, 0.25) is 15.9 Å². The number of hydrogen-bond donors (Lipinski definition) is 0. The van der Waals surface area contributed by atoms with Gasteiger partial charge in [0.05, 0.1) is 5.03 Å². The molecule has 0 bridgehead atoms. The maximum atomic E-state index is 11.6. The highest BCUT2D eigenvalue weighted by atomic mass is 35.5. The number of Topliss-reactive ketones (excluding diaryl/α,β-unsaturated/α-hetero) is 1. The van der Waals surface area contributed by atoms with E-state index in [1.807, 2.05) is 0 Å². The van der Waals surface area contributed by atoms with Crippen LogP contribution in [0.5, 0.6) is 0 Å². The van der Waals surface area contributed by atoms with Crippen molar-refractivity contribution in [1.82, 2.24) is 0 Å². The van der Waals surface area contributed by atoms with Gasteiger partial charge in [0.25, 0.3) is 0 Å². The molecule has 0 N–H and O–H groups in total. The highest BCUT2D eigenvalue weighted by Crippen LogP contribution is 2.51. The zero-order valence-electron chi connectivity index (χ0n) is 7.56. The summed E-state index contributed by atoms with van der Waals surface area (Å²) in [5.74, 6) is -1.66. The van der Waals surface area contributed by atoms with E-state index in [9.17, 15) is 9.59 Å². The Bertz CT molecular complexity index is 367. The summed E-state index contributed by atoms with van der Waals surface area (Å²) in [7, 11) is 0. The number of carbonyl (C=O) groups is 2. The molecule has 2 rings (SSSR count). The van der Waals surface area contributed by atoms with E-state index in [-0.39, 0.29) is 5.03 Å². The standard InChI is InChI=1S/C9H7Cl3O3/c10-6-4-5(13)7(14)9(11,12)8(6)2-1-3-15-8/h4H,1-3H2. The maximum absolute atomic E-state index is 11.6. The Morgan fingerprint density at radius 2 is 2.00 bits per heavy atom. The molecule has 1 aliphatic carbocycles. The molecule has 0 saturated carbocycles. The molecule has 1 aliphatic heterocycles. The van der Waals surface area contributed by atoms with E-state index in [4.69, 9.17) is 39.5 Å². The molecule has 2 aliphatic rings. The third kappa shape index (κ3) is 1.37. The van der Waals surface area contributed by atoms with Crippen molar-refractivity contribution in [3.05, 3.63) is 11.1 Å². The molecule has 1 spiro atoms. The number of ketones is 2. The van der Waals surface area contributed by atoms with E-state index in [0.29, 0.717) is 19.4 Å². The molecular formula is C9H7Cl3O3. The molecule has 6 heteroatoms. The zero-order chi connectivity index (χ0) is 11.3. The molecule has 1 heterocycles. The van der Waals surface area contributed by atoms with Crippen molar-refractivity contribution in [2.45, 2.75) is 22.8 Å². The highest BCUT2D eigenvalue weighted by Gasteiger charge is 2.62. The van der Waals surface area contributed by atoms with Crippen LogP contribution in [0.4, 0.5) is 0 Å². The number of ether oxygens (including phenoxy) is 1. The molecule has 0 amide bonds. The fourth-order valence-corrected chi connectivity index (χ4v) is 3.04. The number of carbonyl (C=O) groups excluding carboxylic acids is 2. The molecule has 82 valence electrons. The first kappa shape index (κ1) is 11.4. The van der Waals surface area contributed by atoms with E-state index in [1.165, 1.54) is 0 Å². The molecule has 1 unspecified atom stereocenters. The Balaban J connectivity index is 2.57. The van der Waals surface area contributed by atoms with E-state index in [1.54, 1.807) is 0 Å². The minimum atomic E-state index is -1.91. The van der Waals surface area contributed by atoms with Crippen molar-refractivity contribution in [1.29, 1.82) is 0 Å². The topological polar surface area (TPSA) is 43.4 Å². The van der Waals surface area contributed by atoms with Crippen LogP contribution in [-0.2, 0) is 14.3 Å². The maximum Gasteiger partial charge on any atom is 0.241 e. The monoisotopic (exact) mass is 268 g/mol. The quantitative estimate of drug-likeness (QED) is 0.499. The summed E-state index contributed by atoms with van der Waals surface area (Å²) in [6.45, 7) is 0.423. The Labute approximate surface area is 101 Å². The van der Waals surface area contributed by atoms with Crippen LogP contribution in [0.3, 0.4) is 0 Å². The predicted molar refractivity (Wildman–Crippen MR) is 56.3 cm³/mol. The van der Waals surface area contributed by atoms with Crippen LogP contribution >= 0.6 is 34.8 Å². The number of alkyl halides is 2. The van der Waals surface area contributed by atoms with Crippen molar-refractivity contribution in [3.63, 3.8) is 0 Å². The summed E-state index contributed by atoms with van der Waals surface area (Å²) in [5, 5.41) is 0.106. The Kier molecular flexibility index (Phi) is 2.62. The molecule has 15 heavy (non-hydrogen) atoms. The second kappa shape index (κ2) is 3.45. The van der Waals surface area contributed by atoms with E-state index < -0.39 is 21.5 Å². The average Bonchev–Trinajstić information content (AvgIpc) is 2.64. The molecule has 0 aromatic rings. The lowest BCUT2D eigenvalue weighted by Gasteiger charge is -2.39. The fraction of sp³-hybridized carbons (Fsp3) is 0.556. The highest BCUT2D eigenvalue weighted by molar-refractivity contribution is 6.71. The predicted octanol–water partition coefficient (Wildman–Crippen LogP) is 1.98. The van der Waals surface area contributed by atoms with Crippen LogP contribution in [0.15, 0.2) is 11.1 Å². The fourth-order valence-electron chi connectivity index (χ4n) is 1.86. The largest absolute Gasteiger partial charge is 0.366 e. The lowest BCUT2D eigenvalue weighted by Crippen LogP contribution is -2.56. The third-order valence-corrected chi connectivity index (χ3v) is 4.05. The SMILES string of the molecule is O=C1C=C(Cl)C2(CCCO2)C(Cl)(Cl)C1=O. The van der Waals surface area contributed by atoms with Crippen LogP contribution in [0.25, 0.3) is 0 Å². The lowest BCUT2D eigenvalue weighted by molar-refractivity contribution is -0.138. The number of hydrogen-bond acceptors (Lipinski definition) is 3. The second-order valence-electron chi connectivity index (χ2n) is 3.54. The first-order valence-electron chi connectivity index (χ1n) is 4.40. The summed E-state index contributed by atoms with van der Waals surface area (Å²) in [6.07, 6.45) is 2.18. The molecule has 0 aromatic heterocycles. The number of rotatable bonds is 0. The van der Waals surface area contributed by atoms with Gasteiger partial charge in [-0.1, -0.05) is 34.8 Å². The van der Waals surface area contributed by atoms with Gasteiger partial charge in [0.15, 0.2) is 0 Å². The van der Waals surface area contributed by atoms with Gasteiger partial charge in [-0.25, -0.2) is 0 Å². The van der Waals surface area contributed by atoms with Gasteiger partial charge in [0, 0.05) is 12.7 Å². The van der Waals surface area contributed by atoms with Gasteiger partial charge >= 0.3 is 0 Å². The summed E-state index contributed by atoms with van der Waals surface area (Å²) in [4.78, 5) is 22.8. The molecular weight excluding hydrogens is 262 g/mol. The Morgan fingerprint density at radius 3 is 2.53 bits per heavy atom. The number of halogens is 3. The second-order valence-corrected chi connectivity index (χ2v) is 5.27. The minimum Gasteiger partial charge on any atom is -0.366 e. The summed E-state index contributed by atoms with van der Waals surface area (Å²) in [5.41, 5.74) is -1.23. The smallest absolute Gasteiger partial charge is 0.241 e. The van der Waals surface area contributed by atoms with Gasteiger partial charge in [-0.3, -0.25) is 9.59 Å². The normalized spacial score (nSPS) is 34.7. The molecule has 3 nitrogen and oxygen atoms in total. The molecule has 1 saturated heterocycles. The van der Waals surface area contributed by atoms with Crippen molar-refractivity contribution >= 4 is 46.4 Å². The van der Waals surface area contributed by atoms with Crippen molar-refractivity contribution in [2.24, 2.45) is 0 Å². The van der Waals surface area contributed by atoms with Crippen LogP contribution in [0.1, 0.15) is 12.8 Å². The summed E-state index contributed by atoms with van der Waals surface area (Å²) >= 11 is 17.8. The third-order valence-electron chi connectivity index (χ3n) is 2.68. The van der Waals surface area contributed by atoms with E-state index in [2.05, 4.69) is 0 Å². The van der Waals surface area contributed by atoms with Crippen molar-refractivity contribution < 1.29 is 14.3 Å². The lowest BCUT2D eigenvalue weighted by atomic mass is 9.85. The number of allylic oxidation sites excluding steroid dienone is 1.